The molecule has 3 rings (SSSR count). The van der Waals surface area contributed by atoms with Crippen LogP contribution in [-0.4, -0.2) is 27.1 Å². The van der Waals surface area contributed by atoms with Crippen molar-refractivity contribution in [2.75, 3.05) is 5.32 Å². The summed E-state index contributed by atoms with van der Waals surface area (Å²) in [7, 11) is 0. The molecule has 0 atom stereocenters. The Labute approximate surface area is 123 Å². The Hall–Kier alpha value is -3.03. The Morgan fingerprint density at radius 3 is 2.64 bits per heavy atom. The van der Waals surface area contributed by atoms with Gasteiger partial charge in [-0.2, -0.15) is 8.78 Å². The maximum atomic E-state index is 12.1. The second kappa shape index (κ2) is 5.76. The van der Waals surface area contributed by atoms with Gasteiger partial charge in [0, 0.05) is 11.8 Å². The van der Waals surface area contributed by atoms with Crippen LogP contribution in [0, 0.1) is 0 Å². The van der Waals surface area contributed by atoms with Crippen LogP contribution in [0.4, 0.5) is 14.7 Å². The Morgan fingerprint density at radius 1 is 1.14 bits per heavy atom. The second-order valence-corrected chi connectivity index (χ2v) is 4.31. The Bertz CT molecular complexity index is 802. The molecule has 6 nitrogen and oxygen atoms in total. The number of alkyl halides is 2. The summed E-state index contributed by atoms with van der Waals surface area (Å²) in [5.74, 6) is -0.172. The lowest BCUT2D eigenvalue weighted by Crippen LogP contribution is -2.14. The molecule has 112 valence electrons. The molecule has 2 aromatic heterocycles. The third-order valence-electron chi connectivity index (χ3n) is 2.88. The minimum absolute atomic E-state index is 0.0144. The Morgan fingerprint density at radius 2 is 1.91 bits per heavy atom. The van der Waals surface area contributed by atoms with Crippen molar-refractivity contribution in [3.8, 4) is 5.75 Å². The lowest BCUT2D eigenvalue weighted by molar-refractivity contribution is -0.0498. The summed E-state index contributed by atoms with van der Waals surface area (Å²) in [5, 5.41) is 10.4. The molecule has 1 aromatic carbocycles. The van der Waals surface area contributed by atoms with Crippen molar-refractivity contribution in [3.63, 3.8) is 0 Å². The first-order valence-electron chi connectivity index (χ1n) is 6.29. The number of anilines is 1. The Kier molecular flexibility index (Phi) is 3.65. The van der Waals surface area contributed by atoms with Gasteiger partial charge in [0.05, 0.1) is 0 Å². The van der Waals surface area contributed by atoms with E-state index in [0.29, 0.717) is 5.65 Å². The summed E-state index contributed by atoms with van der Waals surface area (Å²) < 4.78 is 30.0. The lowest BCUT2D eigenvalue weighted by atomic mass is 10.2. The van der Waals surface area contributed by atoms with E-state index in [4.69, 9.17) is 0 Å². The van der Waals surface area contributed by atoms with E-state index in [2.05, 4.69) is 20.3 Å². The van der Waals surface area contributed by atoms with Crippen molar-refractivity contribution in [1.29, 1.82) is 0 Å². The largest absolute Gasteiger partial charge is 0.435 e. The van der Waals surface area contributed by atoms with Gasteiger partial charge < -0.3 is 4.74 Å². The molecule has 0 saturated carbocycles. The molecule has 0 spiro atoms. The number of ether oxygens (including phenoxy) is 1. The first-order valence-corrected chi connectivity index (χ1v) is 6.29. The van der Waals surface area contributed by atoms with Gasteiger partial charge in [0.1, 0.15) is 5.75 Å². The number of hydrogen-bond donors (Lipinski definition) is 1. The maximum Gasteiger partial charge on any atom is 0.387 e. The Balaban J connectivity index is 1.77. The molecule has 0 aliphatic heterocycles. The first-order chi connectivity index (χ1) is 10.6. The molecule has 2 heterocycles. The molecule has 0 bridgehead atoms. The van der Waals surface area contributed by atoms with E-state index in [1.54, 1.807) is 28.8 Å². The molecule has 0 radical (unpaired) electrons. The van der Waals surface area contributed by atoms with E-state index in [1.165, 1.54) is 24.3 Å². The molecule has 0 aliphatic rings. The normalized spacial score (nSPS) is 10.9. The van der Waals surface area contributed by atoms with E-state index in [9.17, 15) is 13.6 Å². The van der Waals surface area contributed by atoms with Crippen LogP contribution in [0.2, 0.25) is 0 Å². The summed E-state index contributed by atoms with van der Waals surface area (Å²) in [6, 6.07) is 10.7. The summed E-state index contributed by atoms with van der Waals surface area (Å²) in [5.41, 5.74) is 0.882. The topological polar surface area (TPSA) is 68.5 Å². The molecule has 0 aliphatic carbocycles. The van der Waals surface area contributed by atoms with Crippen molar-refractivity contribution in [1.82, 2.24) is 14.6 Å². The van der Waals surface area contributed by atoms with Crippen LogP contribution in [0.25, 0.3) is 5.65 Å². The van der Waals surface area contributed by atoms with Gasteiger partial charge in [-0.15, -0.1) is 10.2 Å². The van der Waals surface area contributed by atoms with Crippen LogP contribution in [0.3, 0.4) is 0 Å². The van der Waals surface area contributed by atoms with E-state index in [-0.39, 0.29) is 17.3 Å². The van der Waals surface area contributed by atoms with E-state index in [1.807, 2.05) is 0 Å². The lowest BCUT2D eigenvalue weighted by Gasteiger charge is -2.06. The molecule has 22 heavy (non-hydrogen) atoms. The highest BCUT2D eigenvalue weighted by Gasteiger charge is 2.11. The number of nitrogens with zero attached hydrogens (tertiary/aromatic N) is 3. The molecule has 3 aromatic rings. The molecule has 8 heteroatoms. The number of rotatable bonds is 4. The van der Waals surface area contributed by atoms with Crippen molar-refractivity contribution >= 4 is 17.5 Å². The molecular weight excluding hydrogens is 294 g/mol. The summed E-state index contributed by atoms with van der Waals surface area (Å²) in [6.07, 6.45) is 1.71. The summed E-state index contributed by atoms with van der Waals surface area (Å²) >= 11 is 0. The fourth-order valence-corrected chi connectivity index (χ4v) is 1.89. The van der Waals surface area contributed by atoms with Crippen LogP contribution in [-0.2, 0) is 0 Å². The number of pyridine rings is 1. The number of carbonyl (C=O) groups excluding carboxylic acids is 1. The van der Waals surface area contributed by atoms with E-state index < -0.39 is 12.5 Å². The summed E-state index contributed by atoms with van der Waals surface area (Å²) in [4.78, 5) is 12.1. The van der Waals surface area contributed by atoms with Crippen molar-refractivity contribution in [2.45, 2.75) is 6.61 Å². The van der Waals surface area contributed by atoms with E-state index in [0.717, 1.165) is 0 Å². The highest BCUT2D eigenvalue weighted by molar-refractivity contribution is 6.03. The second-order valence-electron chi connectivity index (χ2n) is 4.31. The van der Waals surface area contributed by atoms with Crippen LogP contribution < -0.4 is 10.1 Å². The number of fused-ring (bicyclic) bond motifs is 1. The van der Waals surface area contributed by atoms with Gasteiger partial charge in [0.2, 0.25) is 5.95 Å². The zero-order valence-electron chi connectivity index (χ0n) is 11.1. The molecule has 1 N–H and O–H groups in total. The van der Waals surface area contributed by atoms with Crippen molar-refractivity contribution in [2.24, 2.45) is 0 Å². The van der Waals surface area contributed by atoms with Gasteiger partial charge in [0.15, 0.2) is 5.65 Å². The third kappa shape index (κ3) is 2.85. The predicted octanol–water partition coefficient (Wildman–Crippen LogP) is 2.58. The molecule has 0 unspecified atom stereocenters. The fraction of sp³-hybridized carbons (Fsp3) is 0.0714. The smallest absolute Gasteiger partial charge is 0.387 e. The third-order valence-corrected chi connectivity index (χ3v) is 2.88. The highest BCUT2D eigenvalue weighted by Crippen LogP contribution is 2.16. The van der Waals surface area contributed by atoms with Crippen molar-refractivity contribution < 1.29 is 18.3 Å². The van der Waals surface area contributed by atoms with Gasteiger partial charge in [0.25, 0.3) is 5.91 Å². The average Bonchev–Trinajstić information content (AvgIpc) is 2.91. The highest BCUT2D eigenvalue weighted by atomic mass is 19.3. The van der Waals surface area contributed by atoms with Crippen molar-refractivity contribution in [3.05, 3.63) is 54.2 Å². The maximum absolute atomic E-state index is 12.1. The average molecular weight is 304 g/mol. The zero-order chi connectivity index (χ0) is 15.5. The number of aromatic nitrogens is 3. The predicted molar refractivity (Wildman–Crippen MR) is 74.0 cm³/mol. The van der Waals surface area contributed by atoms with Gasteiger partial charge in [-0.1, -0.05) is 6.07 Å². The summed E-state index contributed by atoms with van der Waals surface area (Å²) in [6.45, 7) is -2.90. The van der Waals surface area contributed by atoms with Gasteiger partial charge in [-0.05, 0) is 36.4 Å². The number of carbonyl (C=O) groups is 1. The fourth-order valence-electron chi connectivity index (χ4n) is 1.89. The van der Waals surface area contributed by atoms with Gasteiger partial charge >= 0.3 is 6.61 Å². The van der Waals surface area contributed by atoms with Crippen LogP contribution >= 0.6 is 0 Å². The molecule has 0 fully saturated rings. The first kappa shape index (κ1) is 13.9. The molecule has 1 amide bonds. The van der Waals surface area contributed by atoms with Gasteiger partial charge in [-0.3, -0.25) is 14.5 Å². The van der Waals surface area contributed by atoms with Crippen LogP contribution in [0.5, 0.6) is 5.75 Å². The van der Waals surface area contributed by atoms with Gasteiger partial charge in [-0.25, -0.2) is 0 Å². The van der Waals surface area contributed by atoms with E-state index >= 15 is 0 Å². The standard InChI is InChI=1S/C14H10F2N4O2/c15-13(16)22-10-6-4-9(5-7-10)12(21)17-14-19-18-11-3-1-2-8-20(11)14/h1-8,13H,(H,17,19,21). The minimum Gasteiger partial charge on any atom is -0.435 e. The SMILES string of the molecule is O=C(Nc1nnc2ccccn12)c1ccc(OC(F)F)cc1. The molecular formula is C14H10F2N4O2. The quantitative estimate of drug-likeness (QED) is 0.804. The monoisotopic (exact) mass is 304 g/mol. The molecule has 0 saturated heterocycles. The van der Waals surface area contributed by atoms with Crippen LogP contribution in [0.1, 0.15) is 10.4 Å². The minimum atomic E-state index is -2.90. The number of halogens is 2. The number of benzene rings is 1. The number of amides is 1. The number of hydrogen-bond acceptors (Lipinski definition) is 4. The van der Waals surface area contributed by atoms with Crippen LogP contribution in [0.15, 0.2) is 48.7 Å². The number of nitrogens with one attached hydrogen (secondary N) is 1. The zero-order valence-corrected chi connectivity index (χ0v) is 11.1.